The molecule has 0 fully saturated rings. The molecule has 0 aliphatic rings. The first-order valence-corrected chi connectivity index (χ1v) is 7.99. The zero-order chi connectivity index (χ0) is 18.2. The van der Waals surface area contributed by atoms with Crippen molar-refractivity contribution in [3.63, 3.8) is 0 Å². The average molecular weight is 475 g/mol. The number of methoxy groups -OCH3 is 2. The lowest BCUT2D eigenvalue weighted by Gasteiger charge is -2.21. The number of hydrogen-bond donors (Lipinski definition) is 1. The molecule has 0 aliphatic carbocycles. The van der Waals surface area contributed by atoms with Gasteiger partial charge in [-0.3, -0.25) is 4.99 Å². The van der Waals surface area contributed by atoms with Crippen molar-refractivity contribution in [1.82, 2.24) is 20.4 Å². The molecule has 0 atom stereocenters. The number of halogens is 1. The second kappa shape index (κ2) is 10.8. The van der Waals surface area contributed by atoms with E-state index < -0.39 is 0 Å². The maximum atomic E-state index is 5.34. The summed E-state index contributed by atoms with van der Waals surface area (Å²) in [7, 11) is 6.99. The Labute approximate surface area is 171 Å². The number of hydrogen-bond acceptors (Lipinski definition) is 6. The number of likely N-dealkylation sites (N-methyl/N-ethyl adjacent to an activating group) is 1. The highest BCUT2D eigenvalue weighted by atomic mass is 127. The van der Waals surface area contributed by atoms with E-state index in [1.165, 1.54) is 0 Å². The van der Waals surface area contributed by atoms with E-state index in [1.807, 2.05) is 30.1 Å². The highest BCUT2D eigenvalue weighted by Crippen LogP contribution is 2.27. The predicted molar refractivity (Wildman–Crippen MR) is 111 cm³/mol. The van der Waals surface area contributed by atoms with Gasteiger partial charge in [0.2, 0.25) is 5.89 Å². The van der Waals surface area contributed by atoms with Gasteiger partial charge in [0.05, 0.1) is 20.8 Å². The summed E-state index contributed by atoms with van der Waals surface area (Å²) in [5.41, 5.74) is 1.16. The van der Waals surface area contributed by atoms with Crippen molar-refractivity contribution in [2.24, 2.45) is 4.99 Å². The van der Waals surface area contributed by atoms with Crippen molar-refractivity contribution in [2.75, 3.05) is 34.9 Å². The quantitative estimate of drug-likeness (QED) is 0.374. The van der Waals surface area contributed by atoms with E-state index in [0.29, 0.717) is 18.3 Å². The van der Waals surface area contributed by atoms with Gasteiger partial charge in [-0.15, -0.1) is 24.0 Å². The monoisotopic (exact) mass is 475 g/mol. The third-order valence-corrected chi connectivity index (χ3v) is 3.72. The summed E-state index contributed by atoms with van der Waals surface area (Å²) >= 11 is 0. The molecular weight excluding hydrogens is 449 g/mol. The van der Waals surface area contributed by atoms with Crippen molar-refractivity contribution < 1.29 is 14.0 Å². The third-order valence-electron chi connectivity index (χ3n) is 3.72. The van der Waals surface area contributed by atoms with Gasteiger partial charge in [0.25, 0.3) is 0 Å². The zero-order valence-electron chi connectivity index (χ0n) is 15.8. The minimum Gasteiger partial charge on any atom is -0.493 e. The van der Waals surface area contributed by atoms with E-state index in [0.717, 1.165) is 36.0 Å². The molecule has 2 aromatic rings. The summed E-state index contributed by atoms with van der Waals surface area (Å²) in [6.45, 7) is 3.02. The minimum atomic E-state index is 0. The lowest BCUT2D eigenvalue weighted by molar-refractivity contribution is 0.354. The maximum Gasteiger partial charge on any atom is 0.246 e. The molecule has 0 bridgehead atoms. The second-order valence-electron chi connectivity index (χ2n) is 5.50. The molecule has 1 heterocycles. The molecule has 144 valence electrons. The smallest absolute Gasteiger partial charge is 0.246 e. The molecule has 0 saturated carbocycles. The Hall–Kier alpha value is -2.04. The van der Waals surface area contributed by atoms with Crippen LogP contribution in [0, 0.1) is 6.92 Å². The van der Waals surface area contributed by atoms with Crippen LogP contribution in [-0.4, -0.2) is 55.9 Å². The summed E-state index contributed by atoms with van der Waals surface area (Å²) < 4.78 is 15.7. The highest BCUT2D eigenvalue weighted by molar-refractivity contribution is 14.0. The summed E-state index contributed by atoms with van der Waals surface area (Å²) in [6.07, 6.45) is 0.844. The zero-order valence-corrected chi connectivity index (χ0v) is 18.1. The number of aromatic nitrogens is 2. The van der Waals surface area contributed by atoms with Crippen molar-refractivity contribution >= 4 is 29.9 Å². The van der Waals surface area contributed by atoms with E-state index in [1.54, 1.807) is 28.2 Å². The van der Waals surface area contributed by atoms with E-state index in [4.69, 9.17) is 14.0 Å². The van der Waals surface area contributed by atoms with Crippen LogP contribution in [0.3, 0.4) is 0 Å². The predicted octanol–water partition coefficient (Wildman–Crippen LogP) is 2.26. The molecule has 0 spiro atoms. The first-order valence-electron chi connectivity index (χ1n) is 7.99. The van der Waals surface area contributed by atoms with Crippen LogP contribution in [0.1, 0.15) is 17.3 Å². The Kier molecular flexibility index (Phi) is 9.17. The van der Waals surface area contributed by atoms with Gasteiger partial charge < -0.3 is 24.2 Å². The Morgan fingerprint density at radius 1 is 1.27 bits per heavy atom. The fourth-order valence-corrected chi connectivity index (χ4v) is 2.39. The van der Waals surface area contributed by atoms with E-state index in [-0.39, 0.29) is 24.0 Å². The van der Waals surface area contributed by atoms with E-state index in [9.17, 15) is 0 Å². The van der Waals surface area contributed by atoms with Crippen LogP contribution < -0.4 is 14.8 Å². The van der Waals surface area contributed by atoms with E-state index >= 15 is 0 Å². The number of ether oxygens (including phenoxy) is 2. The molecule has 2 rings (SSSR count). The molecule has 1 aromatic carbocycles. The fraction of sp³-hybridized carbons (Fsp3) is 0.471. The molecule has 8 nitrogen and oxygen atoms in total. The highest BCUT2D eigenvalue weighted by Gasteiger charge is 2.10. The maximum absolute atomic E-state index is 5.34. The van der Waals surface area contributed by atoms with Gasteiger partial charge in [-0.05, 0) is 31.0 Å². The topological polar surface area (TPSA) is 85.0 Å². The molecule has 1 aromatic heterocycles. The second-order valence-corrected chi connectivity index (χ2v) is 5.50. The van der Waals surface area contributed by atoms with Crippen LogP contribution in [0.25, 0.3) is 0 Å². The van der Waals surface area contributed by atoms with Crippen LogP contribution in [0.15, 0.2) is 27.7 Å². The Morgan fingerprint density at radius 2 is 2.00 bits per heavy atom. The number of nitrogens with one attached hydrogen (secondary N) is 1. The van der Waals surface area contributed by atoms with Gasteiger partial charge in [-0.1, -0.05) is 11.2 Å². The Bertz CT molecular complexity index is 720. The van der Waals surface area contributed by atoms with Gasteiger partial charge >= 0.3 is 0 Å². The first-order chi connectivity index (χ1) is 12.1. The molecule has 0 saturated heterocycles. The van der Waals surface area contributed by atoms with Crippen LogP contribution in [0.4, 0.5) is 0 Å². The summed E-state index contributed by atoms with van der Waals surface area (Å²) in [6, 6.07) is 5.94. The molecular formula is C17H26IN5O3. The summed E-state index contributed by atoms with van der Waals surface area (Å²) in [5, 5.41) is 6.98. The number of nitrogens with zero attached hydrogens (tertiary/aromatic N) is 4. The lowest BCUT2D eigenvalue weighted by atomic mass is 10.1. The molecule has 1 N–H and O–H groups in total. The molecule has 9 heteroatoms. The van der Waals surface area contributed by atoms with Crippen LogP contribution in [-0.2, 0) is 13.0 Å². The molecule has 0 amide bonds. The van der Waals surface area contributed by atoms with Gasteiger partial charge in [-0.2, -0.15) is 4.98 Å². The molecule has 0 aliphatic heterocycles. The fourth-order valence-electron chi connectivity index (χ4n) is 2.39. The largest absolute Gasteiger partial charge is 0.493 e. The summed E-state index contributed by atoms with van der Waals surface area (Å²) in [4.78, 5) is 10.5. The SMILES string of the molecule is CN=C(NCc1nc(C)no1)N(C)CCc1ccc(OC)c(OC)c1.I. The van der Waals surface area contributed by atoms with Gasteiger partial charge in [0.15, 0.2) is 23.3 Å². The van der Waals surface area contributed by atoms with Gasteiger partial charge in [0.1, 0.15) is 0 Å². The number of rotatable bonds is 7. The Balaban J connectivity index is 0.00000338. The number of aliphatic imine (C=N–C) groups is 1. The minimum absolute atomic E-state index is 0. The standard InChI is InChI=1S/C17H25N5O3.HI/c1-12-20-16(25-21-12)11-19-17(18-2)22(3)9-8-13-6-7-14(23-4)15(10-13)24-5;/h6-7,10H,8-9,11H2,1-5H3,(H,18,19);1H. The number of aryl methyl sites for hydroxylation is 1. The lowest BCUT2D eigenvalue weighted by Crippen LogP contribution is -2.39. The van der Waals surface area contributed by atoms with Crippen molar-refractivity contribution in [1.29, 1.82) is 0 Å². The van der Waals surface area contributed by atoms with Gasteiger partial charge in [-0.25, -0.2) is 0 Å². The normalized spacial score (nSPS) is 10.9. The van der Waals surface area contributed by atoms with Crippen LogP contribution >= 0.6 is 24.0 Å². The molecule has 26 heavy (non-hydrogen) atoms. The van der Waals surface area contributed by atoms with Crippen LogP contribution in [0.5, 0.6) is 11.5 Å². The van der Waals surface area contributed by atoms with Crippen molar-refractivity contribution in [2.45, 2.75) is 19.9 Å². The molecule has 0 radical (unpaired) electrons. The number of guanidine groups is 1. The third kappa shape index (κ3) is 6.04. The average Bonchev–Trinajstić information content (AvgIpc) is 3.05. The Morgan fingerprint density at radius 3 is 2.58 bits per heavy atom. The summed E-state index contributed by atoms with van der Waals surface area (Å²) in [5.74, 6) is 3.38. The first kappa shape index (κ1) is 22.0. The van der Waals surface area contributed by atoms with Crippen molar-refractivity contribution in [3.8, 4) is 11.5 Å². The molecule has 0 unspecified atom stereocenters. The van der Waals surface area contributed by atoms with E-state index in [2.05, 4.69) is 20.4 Å². The van der Waals surface area contributed by atoms with Gasteiger partial charge in [0, 0.05) is 20.6 Å². The van der Waals surface area contributed by atoms with Crippen LogP contribution in [0.2, 0.25) is 0 Å². The number of benzene rings is 1. The van der Waals surface area contributed by atoms with Crippen molar-refractivity contribution in [3.05, 3.63) is 35.5 Å².